The Morgan fingerprint density at radius 1 is 0.947 bits per heavy atom. The average Bonchev–Trinajstić information content (AvgIpc) is 3.25. The lowest BCUT2D eigenvalue weighted by molar-refractivity contribution is -0.144. The molecule has 5 rings (SSSR count). The molecule has 198 valence electrons. The highest BCUT2D eigenvalue weighted by atomic mass is 19.4. The summed E-state index contributed by atoms with van der Waals surface area (Å²) >= 11 is 0. The van der Waals surface area contributed by atoms with E-state index in [1.807, 2.05) is 12.1 Å². The van der Waals surface area contributed by atoms with Crippen molar-refractivity contribution < 1.29 is 13.2 Å². The second kappa shape index (κ2) is 10.9. The summed E-state index contributed by atoms with van der Waals surface area (Å²) < 4.78 is 41.9. The van der Waals surface area contributed by atoms with Crippen LogP contribution in [-0.2, 0) is 19.0 Å². The maximum absolute atomic E-state index is 13.6. The smallest absolute Gasteiger partial charge is 0.324 e. The van der Waals surface area contributed by atoms with E-state index in [-0.39, 0.29) is 11.8 Å². The highest BCUT2D eigenvalue weighted by Crippen LogP contribution is 2.31. The lowest BCUT2D eigenvalue weighted by Crippen LogP contribution is -2.35. The first-order valence-electron chi connectivity index (χ1n) is 12.9. The van der Waals surface area contributed by atoms with Crippen LogP contribution < -0.4 is 5.32 Å². The SMILES string of the molecule is CCN(CC)C1CCc2ccc(Nc3nc(C(F)(F)F)nn3-c3cccc(-c4ccncc4)n3)cc2CC1. The first kappa shape index (κ1) is 25.8. The summed E-state index contributed by atoms with van der Waals surface area (Å²) in [6.07, 6.45) is 2.63. The Labute approximate surface area is 219 Å². The number of alkyl halides is 3. The summed E-state index contributed by atoms with van der Waals surface area (Å²) in [6.45, 7) is 6.43. The maximum Gasteiger partial charge on any atom is 0.453 e. The van der Waals surface area contributed by atoms with Gasteiger partial charge in [0.25, 0.3) is 5.82 Å². The van der Waals surface area contributed by atoms with E-state index in [9.17, 15) is 13.2 Å². The molecule has 0 spiro atoms. The van der Waals surface area contributed by atoms with Crippen molar-refractivity contribution in [1.29, 1.82) is 0 Å². The number of benzene rings is 1. The van der Waals surface area contributed by atoms with Crippen LogP contribution in [0, 0.1) is 0 Å². The van der Waals surface area contributed by atoms with E-state index in [4.69, 9.17) is 0 Å². The number of nitrogens with one attached hydrogen (secondary N) is 1. The number of aromatic nitrogens is 5. The number of rotatable bonds is 7. The fraction of sp³-hybridized carbons (Fsp3) is 0.357. The number of aryl methyl sites for hydroxylation is 2. The minimum Gasteiger partial charge on any atom is -0.324 e. The zero-order valence-corrected chi connectivity index (χ0v) is 21.4. The zero-order chi connectivity index (χ0) is 26.7. The number of anilines is 2. The highest BCUT2D eigenvalue weighted by Gasteiger charge is 2.37. The normalized spacial score (nSPS) is 15.8. The molecular weight excluding hydrogens is 491 g/mol. The topological polar surface area (TPSA) is 71.8 Å². The van der Waals surface area contributed by atoms with Crippen molar-refractivity contribution in [3.63, 3.8) is 0 Å². The van der Waals surface area contributed by atoms with Crippen molar-refractivity contribution in [2.24, 2.45) is 0 Å². The fourth-order valence-corrected chi connectivity index (χ4v) is 5.10. The van der Waals surface area contributed by atoms with Crippen LogP contribution in [0.15, 0.2) is 60.9 Å². The molecule has 1 aromatic carbocycles. The van der Waals surface area contributed by atoms with Gasteiger partial charge in [-0.05, 0) is 86.3 Å². The monoisotopic (exact) mass is 521 g/mol. The third-order valence-corrected chi connectivity index (χ3v) is 7.07. The molecule has 1 aliphatic rings. The molecule has 0 aliphatic heterocycles. The summed E-state index contributed by atoms with van der Waals surface area (Å²) in [6, 6.07) is 15.2. The van der Waals surface area contributed by atoms with Crippen LogP contribution in [0.25, 0.3) is 17.1 Å². The molecule has 38 heavy (non-hydrogen) atoms. The van der Waals surface area contributed by atoms with Crippen molar-refractivity contribution in [2.45, 2.75) is 51.7 Å². The van der Waals surface area contributed by atoms with E-state index >= 15 is 0 Å². The number of fused-ring (bicyclic) bond motifs is 1. The molecule has 3 aromatic heterocycles. The number of hydrogen-bond donors (Lipinski definition) is 1. The molecule has 0 fully saturated rings. The first-order valence-corrected chi connectivity index (χ1v) is 12.9. The van der Waals surface area contributed by atoms with Gasteiger partial charge in [0, 0.05) is 29.7 Å². The van der Waals surface area contributed by atoms with E-state index in [1.165, 1.54) is 11.1 Å². The summed E-state index contributed by atoms with van der Waals surface area (Å²) in [5.74, 6) is -1.05. The minimum atomic E-state index is -4.70. The first-order chi connectivity index (χ1) is 18.4. The van der Waals surface area contributed by atoms with E-state index in [0.717, 1.165) is 49.0 Å². The van der Waals surface area contributed by atoms with Gasteiger partial charge in [-0.15, -0.1) is 5.10 Å². The molecule has 1 unspecified atom stereocenters. The third kappa shape index (κ3) is 5.55. The fourth-order valence-electron chi connectivity index (χ4n) is 5.10. The summed E-state index contributed by atoms with van der Waals surface area (Å²) in [4.78, 5) is 14.9. The Hall–Kier alpha value is -3.79. The van der Waals surface area contributed by atoms with Crippen LogP contribution >= 0.6 is 0 Å². The van der Waals surface area contributed by atoms with Gasteiger partial charge in [0.05, 0.1) is 5.69 Å². The standard InChI is InChI=1S/C28H30F3N7/c1-3-37(4-2)23-12-9-19-8-11-22(18-21(19)10-13-23)33-27-35-26(28(29,30)31)36-38(27)25-7-5-6-24(34-25)20-14-16-32-17-15-20/h5-8,11,14-18,23H,3-4,9-10,12-13H2,1-2H3,(H,33,35,36). The van der Waals surface area contributed by atoms with Gasteiger partial charge in [0.2, 0.25) is 5.95 Å². The van der Waals surface area contributed by atoms with E-state index in [1.54, 1.807) is 42.7 Å². The Balaban J connectivity index is 1.45. The zero-order valence-electron chi connectivity index (χ0n) is 21.4. The summed E-state index contributed by atoms with van der Waals surface area (Å²) in [5, 5.41) is 6.85. The Bertz CT molecular complexity index is 1380. The van der Waals surface area contributed by atoms with Crippen LogP contribution in [0.2, 0.25) is 0 Å². The Kier molecular flexibility index (Phi) is 7.42. The van der Waals surface area contributed by atoms with E-state index < -0.39 is 12.0 Å². The van der Waals surface area contributed by atoms with Crippen LogP contribution in [0.1, 0.15) is 43.6 Å². The molecule has 0 saturated heterocycles. The van der Waals surface area contributed by atoms with E-state index in [0.29, 0.717) is 17.4 Å². The van der Waals surface area contributed by atoms with Crippen molar-refractivity contribution >= 4 is 11.6 Å². The highest BCUT2D eigenvalue weighted by molar-refractivity contribution is 5.61. The van der Waals surface area contributed by atoms with Crippen molar-refractivity contribution in [3.05, 3.63) is 77.9 Å². The largest absolute Gasteiger partial charge is 0.453 e. The quantitative estimate of drug-likeness (QED) is 0.298. The van der Waals surface area contributed by atoms with Crippen molar-refractivity contribution in [1.82, 2.24) is 29.6 Å². The van der Waals surface area contributed by atoms with Crippen molar-refractivity contribution in [3.8, 4) is 17.1 Å². The Morgan fingerprint density at radius 3 is 2.39 bits per heavy atom. The minimum absolute atomic E-state index is 0.0497. The Morgan fingerprint density at radius 2 is 1.68 bits per heavy atom. The molecule has 0 bridgehead atoms. The molecule has 7 nitrogen and oxygen atoms in total. The predicted molar refractivity (Wildman–Crippen MR) is 140 cm³/mol. The molecule has 0 saturated carbocycles. The second-order valence-electron chi connectivity index (χ2n) is 9.35. The van der Waals surface area contributed by atoms with Crippen LogP contribution in [0.3, 0.4) is 0 Å². The number of pyridine rings is 2. The predicted octanol–water partition coefficient (Wildman–Crippen LogP) is 6.08. The van der Waals surface area contributed by atoms with Gasteiger partial charge in [-0.3, -0.25) is 4.98 Å². The summed E-state index contributed by atoms with van der Waals surface area (Å²) in [5.41, 5.74) is 4.55. The lowest BCUT2D eigenvalue weighted by Gasteiger charge is -2.28. The molecule has 1 N–H and O–H groups in total. The third-order valence-electron chi connectivity index (χ3n) is 7.07. The number of hydrogen-bond acceptors (Lipinski definition) is 6. The molecule has 1 atom stereocenters. The van der Waals surface area contributed by atoms with Crippen molar-refractivity contribution in [2.75, 3.05) is 18.4 Å². The molecule has 0 radical (unpaired) electrons. The van der Waals surface area contributed by atoms with Gasteiger partial charge in [-0.25, -0.2) is 4.98 Å². The van der Waals surface area contributed by atoms with Crippen LogP contribution in [0.5, 0.6) is 0 Å². The molecule has 0 amide bonds. The molecule has 10 heteroatoms. The van der Waals surface area contributed by atoms with Gasteiger partial charge in [-0.1, -0.05) is 26.0 Å². The average molecular weight is 522 g/mol. The van der Waals surface area contributed by atoms with Gasteiger partial charge >= 0.3 is 6.18 Å². The molecule has 3 heterocycles. The van der Waals surface area contributed by atoms with Crippen LogP contribution in [-0.4, -0.2) is 48.8 Å². The number of nitrogens with zero attached hydrogens (tertiary/aromatic N) is 6. The summed E-state index contributed by atoms with van der Waals surface area (Å²) in [7, 11) is 0. The molecular formula is C28H30F3N7. The van der Waals surface area contributed by atoms with Gasteiger partial charge in [0.15, 0.2) is 5.82 Å². The van der Waals surface area contributed by atoms with Gasteiger partial charge in [0.1, 0.15) is 0 Å². The van der Waals surface area contributed by atoms with Gasteiger partial charge < -0.3 is 10.2 Å². The molecule has 1 aliphatic carbocycles. The van der Waals surface area contributed by atoms with Crippen LogP contribution in [0.4, 0.5) is 24.8 Å². The molecule has 4 aromatic rings. The van der Waals surface area contributed by atoms with E-state index in [2.05, 4.69) is 50.2 Å². The lowest BCUT2D eigenvalue weighted by atomic mass is 10.0. The number of halogens is 3. The van der Waals surface area contributed by atoms with Gasteiger partial charge in [-0.2, -0.15) is 22.8 Å². The second-order valence-corrected chi connectivity index (χ2v) is 9.35. The maximum atomic E-state index is 13.6.